The summed E-state index contributed by atoms with van der Waals surface area (Å²) in [6.45, 7) is 7.29. The van der Waals surface area contributed by atoms with Gasteiger partial charge in [-0.2, -0.15) is 0 Å². The van der Waals surface area contributed by atoms with Gasteiger partial charge >= 0.3 is 0 Å². The van der Waals surface area contributed by atoms with Crippen molar-refractivity contribution in [3.05, 3.63) is 33.8 Å². The Hall–Kier alpha value is -0.830. The Balaban J connectivity index is 1.93. The van der Waals surface area contributed by atoms with Crippen LogP contribution < -0.4 is 5.32 Å². The second kappa shape index (κ2) is 4.45. The Labute approximate surface area is 111 Å². The molecule has 0 saturated heterocycles. The highest BCUT2D eigenvalue weighted by molar-refractivity contribution is 9.10. The zero-order valence-electron chi connectivity index (χ0n) is 10.5. The van der Waals surface area contributed by atoms with Crippen molar-refractivity contribution in [1.82, 2.24) is 5.32 Å². The average Bonchev–Trinajstić information content (AvgIpc) is 2.87. The minimum Gasteiger partial charge on any atom is -0.352 e. The lowest BCUT2D eigenvalue weighted by atomic mass is 10.1. The largest absolute Gasteiger partial charge is 0.352 e. The van der Waals surface area contributed by atoms with Crippen molar-refractivity contribution in [2.75, 3.05) is 6.54 Å². The van der Waals surface area contributed by atoms with Crippen LogP contribution in [0.1, 0.15) is 36.2 Å². The zero-order chi connectivity index (χ0) is 12.6. The molecule has 1 saturated carbocycles. The third-order valence-corrected chi connectivity index (χ3v) is 4.51. The summed E-state index contributed by atoms with van der Waals surface area (Å²) in [5.41, 5.74) is 2.28. The molecule has 17 heavy (non-hydrogen) atoms. The van der Waals surface area contributed by atoms with E-state index in [9.17, 15) is 4.79 Å². The van der Waals surface area contributed by atoms with Crippen LogP contribution in [-0.2, 0) is 0 Å². The Morgan fingerprint density at radius 2 is 2.18 bits per heavy atom. The SMILES string of the molecule is Cc1ccc(C(=O)NCC2CC2(C)C)cc1Br. The summed E-state index contributed by atoms with van der Waals surface area (Å²) in [6.07, 6.45) is 1.21. The number of hydrogen-bond donors (Lipinski definition) is 1. The van der Waals surface area contributed by atoms with Gasteiger partial charge in [-0.25, -0.2) is 0 Å². The Bertz CT molecular complexity index is 454. The van der Waals surface area contributed by atoms with Crippen molar-refractivity contribution < 1.29 is 4.79 Å². The summed E-state index contributed by atoms with van der Waals surface area (Å²) in [5.74, 6) is 0.661. The van der Waals surface area contributed by atoms with Gasteiger partial charge in [0.1, 0.15) is 0 Å². The molecule has 1 aromatic rings. The van der Waals surface area contributed by atoms with Gasteiger partial charge in [-0.1, -0.05) is 35.8 Å². The summed E-state index contributed by atoms with van der Waals surface area (Å²) in [4.78, 5) is 11.9. The number of carbonyl (C=O) groups is 1. The van der Waals surface area contributed by atoms with E-state index in [1.807, 2.05) is 25.1 Å². The van der Waals surface area contributed by atoms with Crippen LogP contribution in [0.25, 0.3) is 0 Å². The number of hydrogen-bond acceptors (Lipinski definition) is 1. The normalized spacial score (nSPS) is 21.1. The topological polar surface area (TPSA) is 29.1 Å². The molecule has 92 valence electrons. The van der Waals surface area contributed by atoms with Crippen LogP contribution in [0.2, 0.25) is 0 Å². The zero-order valence-corrected chi connectivity index (χ0v) is 12.1. The third-order valence-electron chi connectivity index (χ3n) is 3.66. The van der Waals surface area contributed by atoms with Gasteiger partial charge < -0.3 is 5.32 Å². The molecule has 1 aliphatic carbocycles. The highest BCUT2D eigenvalue weighted by Crippen LogP contribution is 2.50. The molecule has 0 aliphatic heterocycles. The van der Waals surface area contributed by atoms with Crippen LogP contribution in [-0.4, -0.2) is 12.5 Å². The first-order valence-corrected chi connectivity index (χ1v) is 6.74. The Morgan fingerprint density at radius 3 is 2.71 bits per heavy atom. The van der Waals surface area contributed by atoms with Crippen LogP contribution >= 0.6 is 15.9 Å². The van der Waals surface area contributed by atoms with E-state index in [2.05, 4.69) is 35.1 Å². The summed E-state index contributed by atoms with van der Waals surface area (Å²) in [5, 5.41) is 3.00. The number of amides is 1. The first kappa shape index (κ1) is 12.6. The second-order valence-corrected chi connectivity index (χ2v) is 6.42. The van der Waals surface area contributed by atoms with E-state index in [0.717, 1.165) is 22.1 Å². The van der Waals surface area contributed by atoms with Gasteiger partial charge in [0.15, 0.2) is 0 Å². The average molecular weight is 296 g/mol. The number of halogens is 1. The van der Waals surface area contributed by atoms with Gasteiger partial charge in [0.2, 0.25) is 0 Å². The Kier molecular flexibility index (Phi) is 3.30. The molecule has 0 heterocycles. The maximum absolute atomic E-state index is 11.9. The molecular weight excluding hydrogens is 278 g/mol. The summed E-state index contributed by atoms with van der Waals surface area (Å²) >= 11 is 3.44. The minimum absolute atomic E-state index is 0.0217. The van der Waals surface area contributed by atoms with Gasteiger partial charge in [-0.3, -0.25) is 4.79 Å². The lowest BCUT2D eigenvalue weighted by Crippen LogP contribution is -2.26. The summed E-state index contributed by atoms with van der Waals surface area (Å²) in [6, 6.07) is 5.70. The van der Waals surface area contributed by atoms with E-state index in [4.69, 9.17) is 0 Å². The second-order valence-electron chi connectivity index (χ2n) is 5.56. The van der Waals surface area contributed by atoms with E-state index in [-0.39, 0.29) is 5.91 Å². The minimum atomic E-state index is 0.0217. The van der Waals surface area contributed by atoms with E-state index >= 15 is 0 Å². The molecule has 0 aromatic heterocycles. The Morgan fingerprint density at radius 1 is 1.53 bits per heavy atom. The van der Waals surface area contributed by atoms with Gasteiger partial charge in [-0.05, 0) is 42.4 Å². The maximum Gasteiger partial charge on any atom is 0.251 e. The van der Waals surface area contributed by atoms with E-state index < -0.39 is 0 Å². The molecule has 1 unspecified atom stereocenters. The van der Waals surface area contributed by atoms with Crippen LogP contribution in [0, 0.1) is 18.3 Å². The fourth-order valence-electron chi connectivity index (χ4n) is 1.98. The lowest BCUT2D eigenvalue weighted by Gasteiger charge is -2.07. The van der Waals surface area contributed by atoms with Crippen molar-refractivity contribution in [3.8, 4) is 0 Å². The molecule has 1 fully saturated rings. The van der Waals surface area contributed by atoms with Crippen LogP contribution in [0.3, 0.4) is 0 Å². The van der Waals surface area contributed by atoms with Gasteiger partial charge in [-0.15, -0.1) is 0 Å². The molecule has 1 atom stereocenters. The van der Waals surface area contributed by atoms with Crippen LogP contribution in [0.4, 0.5) is 0 Å². The van der Waals surface area contributed by atoms with Crippen LogP contribution in [0.15, 0.2) is 22.7 Å². The molecule has 3 heteroatoms. The summed E-state index contributed by atoms with van der Waals surface area (Å²) in [7, 11) is 0. The molecule has 1 aliphatic rings. The summed E-state index contributed by atoms with van der Waals surface area (Å²) < 4.78 is 0.983. The number of benzene rings is 1. The molecule has 0 bridgehead atoms. The molecule has 2 rings (SSSR count). The highest BCUT2D eigenvalue weighted by atomic mass is 79.9. The van der Waals surface area contributed by atoms with Crippen molar-refractivity contribution in [2.45, 2.75) is 27.2 Å². The van der Waals surface area contributed by atoms with Crippen molar-refractivity contribution in [3.63, 3.8) is 0 Å². The first-order valence-electron chi connectivity index (χ1n) is 5.94. The molecule has 1 amide bonds. The van der Waals surface area contributed by atoms with Gasteiger partial charge in [0.05, 0.1) is 0 Å². The predicted octanol–water partition coefficient (Wildman–Crippen LogP) is 3.53. The molecular formula is C14H18BrNO. The van der Waals surface area contributed by atoms with Crippen molar-refractivity contribution in [1.29, 1.82) is 0 Å². The van der Waals surface area contributed by atoms with Crippen molar-refractivity contribution in [2.24, 2.45) is 11.3 Å². The van der Waals surface area contributed by atoms with E-state index in [1.54, 1.807) is 0 Å². The molecule has 2 nitrogen and oxygen atoms in total. The fraction of sp³-hybridized carbons (Fsp3) is 0.500. The van der Waals surface area contributed by atoms with E-state index in [0.29, 0.717) is 11.3 Å². The first-order chi connectivity index (χ1) is 7.90. The molecule has 0 radical (unpaired) electrons. The van der Waals surface area contributed by atoms with Crippen LogP contribution in [0.5, 0.6) is 0 Å². The van der Waals surface area contributed by atoms with Gasteiger partial charge in [0, 0.05) is 16.6 Å². The van der Waals surface area contributed by atoms with Crippen molar-refractivity contribution >= 4 is 21.8 Å². The number of aryl methyl sites for hydroxylation is 1. The van der Waals surface area contributed by atoms with E-state index in [1.165, 1.54) is 6.42 Å². The monoisotopic (exact) mass is 295 g/mol. The maximum atomic E-state index is 11.9. The predicted molar refractivity (Wildman–Crippen MR) is 73.1 cm³/mol. The fourth-order valence-corrected chi connectivity index (χ4v) is 2.36. The molecule has 1 aromatic carbocycles. The molecule has 0 spiro atoms. The smallest absolute Gasteiger partial charge is 0.251 e. The third kappa shape index (κ3) is 2.89. The van der Waals surface area contributed by atoms with Gasteiger partial charge in [0.25, 0.3) is 5.91 Å². The molecule has 1 N–H and O–H groups in total. The number of carbonyl (C=O) groups excluding carboxylic acids is 1. The highest BCUT2D eigenvalue weighted by Gasteiger charge is 2.45. The number of nitrogens with one attached hydrogen (secondary N) is 1. The number of rotatable bonds is 3. The standard InChI is InChI=1S/C14H18BrNO/c1-9-4-5-10(6-12(9)15)13(17)16-8-11-7-14(11,2)3/h4-6,11H,7-8H2,1-3H3,(H,16,17). The quantitative estimate of drug-likeness (QED) is 0.908. The lowest BCUT2D eigenvalue weighted by molar-refractivity contribution is 0.0950.